The minimum Gasteiger partial charge on any atom is -0.480 e. The van der Waals surface area contributed by atoms with Crippen LogP contribution in [0.5, 0.6) is 0 Å². The van der Waals surface area contributed by atoms with E-state index in [4.69, 9.17) is 5.11 Å². The van der Waals surface area contributed by atoms with E-state index in [1.165, 1.54) is 16.6 Å². The standard InChI is InChI=1S/C14H22N4O4/c1-9(2)12(14(21)22)16-11(19)8-17(4)13(20)10(3)18-7-5-6-15-18/h5-7,9-10,12H,8H2,1-4H3,(H,16,19)(H,21,22)/t10?,12-/m0/s1. The molecular formula is C14H22N4O4. The number of likely N-dealkylation sites (N-methyl/N-ethyl adjacent to an activating group) is 1. The third kappa shape index (κ3) is 4.57. The van der Waals surface area contributed by atoms with Crippen molar-refractivity contribution in [1.29, 1.82) is 0 Å². The van der Waals surface area contributed by atoms with Gasteiger partial charge in [0.15, 0.2) is 0 Å². The van der Waals surface area contributed by atoms with Gasteiger partial charge in [0, 0.05) is 19.4 Å². The third-order valence-electron chi connectivity index (χ3n) is 3.29. The van der Waals surface area contributed by atoms with E-state index in [-0.39, 0.29) is 18.4 Å². The van der Waals surface area contributed by atoms with Gasteiger partial charge in [-0.3, -0.25) is 14.3 Å². The Morgan fingerprint density at radius 1 is 1.32 bits per heavy atom. The minimum absolute atomic E-state index is 0.207. The maximum atomic E-state index is 12.2. The summed E-state index contributed by atoms with van der Waals surface area (Å²) >= 11 is 0. The molecule has 0 spiro atoms. The predicted molar refractivity (Wildman–Crippen MR) is 79.0 cm³/mol. The molecule has 1 aromatic rings. The van der Waals surface area contributed by atoms with Crippen LogP contribution < -0.4 is 5.32 Å². The van der Waals surface area contributed by atoms with E-state index >= 15 is 0 Å². The summed E-state index contributed by atoms with van der Waals surface area (Å²) in [5.74, 6) is -2.13. The molecule has 0 aromatic carbocycles. The van der Waals surface area contributed by atoms with Gasteiger partial charge in [0.2, 0.25) is 11.8 Å². The molecule has 1 unspecified atom stereocenters. The second-order valence-electron chi connectivity index (χ2n) is 5.48. The van der Waals surface area contributed by atoms with Crippen molar-refractivity contribution in [1.82, 2.24) is 20.0 Å². The third-order valence-corrected chi connectivity index (χ3v) is 3.29. The Hall–Kier alpha value is -2.38. The Labute approximate surface area is 129 Å². The Kier molecular flexibility index (Phi) is 6.09. The number of nitrogens with zero attached hydrogens (tertiary/aromatic N) is 3. The first kappa shape index (κ1) is 17.7. The number of hydrogen-bond donors (Lipinski definition) is 2. The maximum Gasteiger partial charge on any atom is 0.326 e. The summed E-state index contributed by atoms with van der Waals surface area (Å²) in [7, 11) is 1.49. The van der Waals surface area contributed by atoms with E-state index < -0.39 is 24.0 Å². The van der Waals surface area contributed by atoms with Crippen LogP contribution in [0.25, 0.3) is 0 Å². The fourth-order valence-electron chi connectivity index (χ4n) is 1.97. The van der Waals surface area contributed by atoms with E-state index in [0.717, 1.165) is 0 Å². The van der Waals surface area contributed by atoms with Crippen LogP contribution in [0.2, 0.25) is 0 Å². The predicted octanol–water partition coefficient (Wildman–Crippen LogP) is 0.128. The van der Waals surface area contributed by atoms with E-state index in [9.17, 15) is 14.4 Å². The van der Waals surface area contributed by atoms with E-state index in [0.29, 0.717) is 0 Å². The summed E-state index contributed by atoms with van der Waals surface area (Å²) in [5.41, 5.74) is 0. The number of hydrogen-bond acceptors (Lipinski definition) is 4. The van der Waals surface area contributed by atoms with Crippen molar-refractivity contribution < 1.29 is 19.5 Å². The van der Waals surface area contributed by atoms with Gasteiger partial charge in [0.1, 0.15) is 12.1 Å². The highest BCUT2D eigenvalue weighted by Gasteiger charge is 2.26. The maximum absolute atomic E-state index is 12.2. The van der Waals surface area contributed by atoms with Crippen molar-refractivity contribution in [2.24, 2.45) is 5.92 Å². The lowest BCUT2D eigenvalue weighted by Crippen LogP contribution is -2.49. The quantitative estimate of drug-likeness (QED) is 0.745. The van der Waals surface area contributed by atoms with Gasteiger partial charge in [-0.15, -0.1) is 0 Å². The van der Waals surface area contributed by atoms with Gasteiger partial charge in [-0.1, -0.05) is 13.8 Å². The molecule has 0 radical (unpaired) electrons. The number of rotatable bonds is 7. The smallest absolute Gasteiger partial charge is 0.326 e. The highest BCUT2D eigenvalue weighted by molar-refractivity contribution is 5.88. The molecule has 22 heavy (non-hydrogen) atoms. The fourth-order valence-corrected chi connectivity index (χ4v) is 1.97. The summed E-state index contributed by atoms with van der Waals surface area (Å²) in [6, 6.07) is 0.198. The molecule has 8 nitrogen and oxygen atoms in total. The van der Waals surface area contributed by atoms with E-state index in [2.05, 4.69) is 10.4 Å². The minimum atomic E-state index is -1.10. The molecular weight excluding hydrogens is 288 g/mol. The molecule has 0 saturated heterocycles. The Morgan fingerprint density at radius 2 is 1.95 bits per heavy atom. The zero-order valence-electron chi connectivity index (χ0n) is 13.2. The highest BCUT2D eigenvalue weighted by Crippen LogP contribution is 2.07. The summed E-state index contributed by atoms with van der Waals surface area (Å²) in [6.07, 6.45) is 3.23. The molecule has 2 atom stereocenters. The van der Waals surface area contributed by atoms with Crippen LogP contribution in [0.1, 0.15) is 26.8 Å². The molecule has 1 rings (SSSR count). The number of carbonyl (C=O) groups excluding carboxylic acids is 2. The molecule has 8 heteroatoms. The van der Waals surface area contributed by atoms with Gasteiger partial charge in [-0.05, 0) is 18.9 Å². The number of carboxylic acids is 1. The van der Waals surface area contributed by atoms with Gasteiger partial charge in [0.05, 0.1) is 6.54 Å². The second kappa shape index (κ2) is 7.58. The molecule has 1 heterocycles. The summed E-state index contributed by atoms with van der Waals surface area (Å²) < 4.78 is 1.49. The molecule has 0 fully saturated rings. The van der Waals surface area contributed by atoms with Crippen LogP contribution in [-0.4, -0.2) is 57.2 Å². The first-order valence-electron chi connectivity index (χ1n) is 7.00. The molecule has 2 amide bonds. The van der Waals surface area contributed by atoms with Crippen LogP contribution in [0, 0.1) is 5.92 Å². The molecule has 122 valence electrons. The number of aromatic nitrogens is 2. The Morgan fingerprint density at radius 3 is 2.41 bits per heavy atom. The Bertz CT molecular complexity index is 527. The molecule has 0 aliphatic carbocycles. The SMILES string of the molecule is CC(C)[C@H](NC(=O)CN(C)C(=O)C(C)n1cccn1)C(=O)O. The first-order chi connectivity index (χ1) is 10.2. The first-order valence-corrected chi connectivity index (χ1v) is 7.00. The van der Waals surface area contributed by atoms with Gasteiger partial charge >= 0.3 is 5.97 Å². The van der Waals surface area contributed by atoms with Crippen molar-refractivity contribution in [2.75, 3.05) is 13.6 Å². The second-order valence-corrected chi connectivity index (χ2v) is 5.48. The van der Waals surface area contributed by atoms with Crippen molar-refractivity contribution in [2.45, 2.75) is 32.9 Å². The van der Waals surface area contributed by atoms with E-state index in [1.807, 2.05) is 0 Å². The number of amides is 2. The largest absolute Gasteiger partial charge is 0.480 e. The normalized spacial score (nSPS) is 13.5. The fraction of sp³-hybridized carbons (Fsp3) is 0.571. The van der Waals surface area contributed by atoms with Crippen molar-refractivity contribution >= 4 is 17.8 Å². The van der Waals surface area contributed by atoms with Gasteiger partial charge in [-0.2, -0.15) is 5.10 Å². The zero-order valence-corrected chi connectivity index (χ0v) is 13.2. The number of nitrogens with one attached hydrogen (secondary N) is 1. The van der Waals surface area contributed by atoms with Crippen LogP contribution >= 0.6 is 0 Å². The summed E-state index contributed by atoms with van der Waals surface area (Å²) in [5, 5.41) is 15.4. The lowest BCUT2D eigenvalue weighted by molar-refractivity contribution is -0.143. The molecule has 0 bridgehead atoms. The van der Waals surface area contributed by atoms with Crippen LogP contribution in [-0.2, 0) is 14.4 Å². The van der Waals surface area contributed by atoms with Crippen molar-refractivity contribution in [3.8, 4) is 0 Å². The molecule has 0 saturated carbocycles. The van der Waals surface area contributed by atoms with Crippen LogP contribution in [0.4, 0.5) is 0 Å². The summed E-state index contributed by atoms with van der Waals surface area (Å²) in [4.78, 5) is 36.4. The number of carbonyl (C=O) groups is 3. The van der Waals surface area contributed by atoms with Crippen LogP contribution in [0.15, 0.2) is 18.5 Å². The van der Waals surface area contributed by atoms with E-state index in [1.54, 1.807) is 39.2 Å². The molecule has 1 aromatic heterocycles. The van der Waals surface area contributed by atoms with Crippen molar-refractivity contribution in [3.05, 3.63) is 18.5 Å². The van der Waals surface area contributed by atoms with Gasteiger partial charge in [0.25, 0.3) is 0 Å². The van der Waals surface area contributed by atoms with Crippen LogP contribution in [0.3, 0.4) is 0 Å². The zero-order chi connectivity index (χ0) is 16.9. The average molecular weight is 310 g/mol. The molecule has 0 aliphatic heterocycles. The van der Waals surface area contributed by atoms with Crippen molar-refractivity contribution in [3.63, 3.8) is 0 Å². The topological polar surface area (TPSA) is 105 Å². The average Bonchev–Trinajstić information content (AvgIpc) is 2.96. The molecule has 2 N–H and O–H groups in total. The highest BCUT2D eigenvalue weighted by atomic mass is 16.4. The lowest BCUT2D eigenvalue weighted by atomic mass is 10.0. The van der Waals surface area contributed by atoms with Gasteiger partial charge in [-0.25, -0.2) is 4.79 Å². The Balaban J connectivity index is 2.60. The lowest BCUT2D eigenvalue weighted by Gasteiger charge is -2.23. The summed E-state index contributed by atoms with van der Waals surface area (Å²) in [6.45, 7) is 4.88. The number of carboxylic acid groups (broad SMARTS) is 1. The molecule has 0 aliphatic rings. The monoisotopic (exact) mass is 310 g/mol. The van der Waals surface area contributed by atoms with Gasteiger partial charge < -0.3 is 15.3 Å². The number of aliphatic carboxylic acids is 1.